The van der Waals surface area contributed by atoms with E-state index in [-0.39, 0.29) is 49.3 Å². The van der Waals surface area contributed by atoms with Crippen molar-refractivity contribution in [3.05, 3.63) is 94.3 Å². The first kappa shape index (κ1) is 38.7. The molecular formula is C41H46F3N3O7. The number of amides is 2. The number of nitrogens with one attached hydrogen (secondary N) is 1. The van der Waals surface area contributed by atoms with Crippen molar-refractivity contribution in [2.75, 3.05) is 41.0 Å². The van der Waals surface area contributed by atoms with Crippen molar-refractivity contribution in [1.82, 2.24) is 15.1 Å². The third kappa shape index (κ3) is 9.18. The van der Waals surface area contributed by atoms with Gasteiger partial charge in [0.2, 0.25) is 11.7 Å². The van der Waals surface area contributed by atoms with Crippen molar-refractivity contribution < 1.29 is 46.5 Å². The van der Waals surface area contributed by atoms with Crippen LogP contribution in [0.15, 0.2) is 60.2 Å². The van der Waals surface area contributed by atoms with Crippen LogP contribution in [0.3, 0.4) is 0 Å². The summed E-state index contributed by atoms with van der Waals surface area (Å²) in [7, 11) is 4.50. The first-order valence-corrected chi connectivity index (χ1v) is 18.3. The lowest BCUT2D eigenvalue weighted by Gasteiger charge is -2.45. The van der Waals surface area contributed by atoms with Crippen molar-refractivity contribution in [3.8, 4) is 17.2 Å². The first-order chi connectivity index (χ1) is 26.1. The second-order valence-electron chi connectivity index (χ2n) is 13.9. The number of methoxy groups -OCH3 is 3. The summed E-state index contributed by atoms with van der Waals surface area (Å²) in [5, 5.41) is 3.63. The number of hydrogen-bond acceptors (Lipinski definition) is 8. The molecule has 2 heterocycles. The summed E-state index contributed by atoms with van der Waals surface area (Å²) in [5.74, 6) is -3.47. The Kier molecular flexibility index (Phi) is 12.5. The summed E-state index contributed by atoms with van der Waals surface area (Å²) in [6, 6.07) is 14.6. The number of aryl methyl sites for hydroxylation is 1. The summed E-state index contributed by atoms with van der Waals surface area (Å²) in [5.41, 5.74) is 4.28. The molecule has 2 atom stereocenters. The molecular weight excluding hydrogens is 703 g/mol. The Morgan fingerprint density at radius 2 is 1.56 bits per heavy atom. The van der Waals surface area contributed by atoms with E-state index in [1.807, 2.05) is 41.3 Å². The van der Waals surface area contributed by atoms with Crippen LogP contribution in [0.1, 0.15) is 61.6 Å². The van der Waals surface area contributed by atoms with Gasteiger partial charge in [0, 0.05) is 56.2 Å². The predicted octanol–water partition coefficient (Wildman–Crippen LogP) is 5.99. The Morgan fingerprint density at radius 1 is 0.852 bits per heavy atom. The van der Waals surface area contributed by atoms with E-state index in [1.165, 1.54) is 7.11 Å². The summed E-state index contributed by atoms with van der Waals surface area (Å²) in [6.45, 7) is 1.13. The largest absolute Gasteiger partial charge is 0.497 e. The van der Waals surface area contributed by atoms with Gasteiger partial charge < -0.3 is 34.1 Å². The minimum atomic E-state index is -1.35. The average molecular weight is 750 g/mol. The smallest absolute Gasteiger partial charge is 0.305 e. The molecule has 2 bridgehead atoms. The molecule has 0 radical (unpaired) electrons. The van der Waals surface area contributed by atoms with Gasteiger partial charge in [-0.2, -0.15) is 4.39 Å². The fraction of sp³-hybridized carbons (Fsp3) is 0.439. The molecule has 1 saturated carbocycles. The first-order valence-electron chi connectivity index (χ1n) is 18.3. The van der Waals surface area contributed by atoms with Crippen LogP contribution >= 0.6 is 0 Å². The van der Waals surface area contributed by atoms with Crippen molar-refractivity contribution in [2.45, 2.75) is 76.0 Å². The summed E-state index contributed by atoms with van der Waals surface area (Å²) >= 11 is 0. The van der Waals surface area contributed by atoms with E-state index in [1.54, 1.807) is 25.2 Å². The molecule has 1 saturated heterocycles. The number of fused-ring (bicyclic) bond motifs is 2. The molecule has 1 N–H and O–H groups in total. The second-order valence-corrected chi connectivity index (χ2v) is 13.9. The number of halogens is 3. The van der Waals surface area contributed by atoms with Crippen LogP contribution in [0.4, 0.5) is 13.2 Å². The molecule has 2 aliphatic heterocycles. The topological polar surface area (TPSA) is 107 Å². The lowest BCUT2D eigenvalue weighted by molar-refractivity contribution is -0.141. The Morgan fingerprint density at radius 3 is 2.22 bits per heavy atom. The van der Waals surface area contributed by atoms with Crippen molar-refractivity contribution >= 4 is 23.4 Å². The van der Waals surface area contributed by atoms with Crippen LogP contribution < -0.4 is 19.5 Å². The van der Waals surface area contributed by atoms with Gasteiger partial charge in [-0.15, -0.1) is 0 Å². The van der Waals surface area contributed by atoms with Gasteiger partial charge in [-0.05, 0) is 85.1 Å². The highest BCUT2D eigenvalue weighted by Crippen LogP contribution is 2.38. The van der Waals surface area contributed by atoms with Crippen LogP contribution in [0, 0.1) is 17.5 Å². The van der Waals surface area contributed by atoms with E-state index in [0.717, 1.165) is 47.2 Å². The van der Waals surface area contributed by atoms with E-state index in [0.29, 0.717) is 62.4 Å². The molecule has 3 aromatic carbocycles. The number of carbonyl (C=O) groups is 3. The molecule has 0 spiro atoms. The van der Waals surface area contributed by atoms with Crippen LogP contribution in [-0.2, 0) is 32.1 Å². The molecule has 3 aromatic rings. The molecule has 3 aliphatic rings. The van der Waals surface area contributed by atoms with Gasteiger partial charge >= 0.3 is 5.97 Å². The zero-order chi connectivity index (χ0) is 38.4. The minimum absolute atomic E-state index is 0.00799. The van der Waals surface area contributed by atoms with Gasteiger partial charge in [0.1, 0.15) is 11.5 Å². The van der Waals surface area contributed by atoms with Crippen LogP contribution in [0.2, 0.25) is 0 Å². The van der Waals surface area contributed by atoms with Gasteiger partial charge in [0.25, 0.3) is 5.91 Å². The highest BCUT2D eigenvalue weighted by atomic mass is 19.2. The highest BCUT2D eigenvalue weighted by molar-refractivity contribution is 6.03. The molecule has 0 aromatic heterocycles. The van der Waals surface area contributed by atoms with E-state index in [2.05, 4.69) is 5.32 Å². The van der Waals surface area contributed by atoms with Crippen LogP contribution in [0.5, 0.6) is 17.2 Å². The van der Waals surface area contributed by atoms with E-state index in [4.69, 9.17) is 18.9 Å². The van der Waals surface area contributed by atoms with Gasteiger partial charge in [-0.1, -0.05) is 24.3 Å². The van der Waals surface area contributed by atoms with Gasteiger partial charge in [0.15, 0.2) is 17.4 Å². The third-order valence-electron chi connectivity index (χ3n) is 10.2. The maximum Gasteiger partial charge on any atom is 0.305 e. The molecule has 2 fully saturated rings. The van der Waals surface area contributed by atoms with Crippen molar-refractivity contribution in [3.63, 3.8) is 0 Å². The number of esters is 1. The SMILES string of the molecule is COC(=O)CCCC(=O)N1CC2CC(c3ccc(CCCOc4c(F)ccc(F)c4F)cc3)=C(C(=O)N(Cc3cc(OC)cc(OC)c3)C3CC3)C(C1)N2. The number of ether oxygens (including phenoxy) is 4. The number of hydrogen-bond donors (Lipinski definition) is 1. The van der Waals surface area contributed by atoms with Gasteiger partial charge in [0.05, 0.1) is 34.0 Å². The monoisotopic (exact) mass is 749 g/mol. The fourth-order valence-electron chi connectivity index (χ4n) is 7.24. The number of rotatable bonds is 16. The molecule has 54 heavy (non-hydrogen) atoms. The molecule has 288 valence electrons. The number of carbonyl (C=O) groups excluding carboxylic acids is 3. The zero-order valence-electron chi connectivity index (χ0n) is 30.8. The molecule has 6 rings (SSSR count). The second kappa shape index (κ2) is 17.4. The summed E-state index contributed by atoms with van der Waals surface area (Å²) in [6.07, 6.45) is 4.02. The van der Waals surface area contributed by atoms with Crippen molar-refractivity contribution in [1.29, 1.82) is 0 Å². The van der Waals surface area contributed by atoms with E-state index in [9.17, 15) is 27.6 Å². The van der Waals surface area contributed by atoms with Gasteiger partial charge in [-0.3, -0.25) is 14.4 Å². The predicted molar refractivity (Wildman–Crippen MR) is 194 cm³/mol. The standard InChI is InChI=1S/C41H46F3N3O7/c1-51-30-18-26(19-31(21-30)52-2)22-47(29-13-14-29)41(50)38-32(20-28-23-46(24-35(38)45-28)36(48)7-4-8-37(49)53-3)27-11-9-25(10-12-27)6-5-17-54-40-34(43)16-15-33(42)39(40)44/h9-12,15-16,18-19,21,28-29,35,45H,4-8,13-14,17,20,22-24H2,1-3H3. The lowest BCUT2D eigenvalue weighted by Crippen LogP contribution is -2.62. The Balaban J connectivity index is 1.24. The minimum Gasteiger partial charge on any atom is -0.497 e. The lowest BCUT2D eigenvalue weighted by atomic mass is 9.82. The maximum atomic E-state index is 14.9. The third-order valence-corrected chi connectivity index (χ3v) is 10.2. The quantitative estimate of drug-likeness (QED) is 0.108. The summed E-state index contributed by atoms with van der Waals surface area (Å²) < 4.78 is 62.5. The Bertz CT molecular complexity index is 1860. The van der Waals surface area contributed by atoms with E-state index < -0.39 is 29.2 Å². The van der Waals surface area contributed by atoms with Crippen LogP contribution in [-0.4, -0.2) is 86.7 Å². The fourth-order valence-corrected chi connectivity index (χ4v) is 7.24. The Hall–Kier alpha value is -5.04. The van der Waals surface area contributed by atoms with Gasteiger partial charge in [-0.25, -0.2) is 8.78 Å². The average Bonchev–Trinajstić information content (AvgIpc) is 4.03. The number of nitrogens with zero attached hydrogens (tertiary/aromatic N) is 2. The highest BCUT2D eigenvalue weighted by Gasteiger charge is 2.43. The number of piperazine rings is 1. The molecule has 2 amide bonds. The molecule has 13 heteroatoms. The Labute approximate surface area is 313 Å². The van der Waals surface area contributed by atoms with Crippen molar-refractivity contribution in [2.24, 2.45) is 0 Å². The van der Waals surface area contributed by atoms with E-state index >= 15 is 0 Å². The summed E-state index contributed by atoms with van der Waals surface area (Å²) in [4.78, 5) is 43.6. The number of benzene rings is 3. The molecule has 1 aliphatic carbocycles. The molecule has 10 nitrogen and oxygen atoms in total. The van der Waals surface area contributed by atoms with Crippen LogP contribution in [0.25, 0.3) is 5.57 Å². The zero-order valence-corrected chi connectivity index (χ0v) is 30.8. The maximum absolute atomic E-state index is 14.9. The normalized spacial score (nSPS) is 17.9. The molecule has 2 unspecified atom stereocenters.